The highest BCUT2D eigenvalue weighted by Gasteiger charge is 2.31. The van der Waals surface area contributed by atoms with Crippen LogP contribution in [0, 0.1) is 6.92 Å². The topological polar surface area (TPSA) is 220 Å². The second kappa shape index (κ2) is 12.4. The van der Waals surface area contributed by atoms with Crippen molar-refractivity contribution in [1.29, 1.82) is 0 Å². The molecule has 7 N–H and O–H groups in total. The van der Waals surface area contributed by atoms with Crippen LogP contribution in [-0.4, -0.2) is 61.9 Å². The number of unbranched alkanes of at least 4 members (excludes halogenated alkanes) is 1. The number of aryl methyl sites for hydroxylation is 2. The summed E-state index contributed by atoms with van der Waals surface area (Å²) in [6.45, 7) is 1.51. The molecule has 0 aromatic carbocycles. The van der Waals surface area contributed by atoms with Gasteiger partial charge < -0.3 is 43.9 Å². The van der Waals surface area contributed by atoms with Crippen LogP contribution in [0.25, 0.3) is 0 Å². The monoisotopic (exact) mass is 507 g/mol. The molecule has 2 atom stereocenters. The molecule has 0 bridgehead atoms. The second-order valence-corrected chi connectivity index (χ2v) is 8.99. The molecule has 0 aliphatic carbocycles. The van der Waals surface area contributed by atoms with E-state index in [0.29, 0.717) is 18.5 Å². The van der Waals surface area contributed by atoms with Gasteiger partial charge in [-0.1, -0.05) is 5.16 Å². The lowest BCUT2D eigenvalue weighted by molar-refractivity contribution is -0.526. The summed E-state index contributed by atoms with van der Waals surface area (Å²) in [7, 11) is -2.60. The number of oxime groups is 1. The highest BCUT2D eigenvalue weighted by molar-refractivity contribution is 7.89. The van der Waals surface area contributed by atoms with Gasteiger partial charge in [0.1, 0.15) is 11.8 Å². The molecule has 1 aliphatic rings. The van der Waals surface area contributed by atoms with Gasteiger partial charge in [0.2, 0.25) is 0 Å². The number of sulfonamides is 1. The molecule has 1 aliphatic heterocycles. The molecule has 0 fully saturated rings. The van der Waals surface area contributed by atoms with E-state index in [1.54, 1.807) is 14.0 Å². The van der Waals surface area contributed by atoms with Gasteiger partial charge in [0.05, 0.1) is 30.8 Å². The second-order valence-electron chi connectivity index (χ2n) is 7.34. The number of nitrogens with one attached hydrogen (secondary N) is 3. The lowest BCUT2D eigenvalue weighted by Gasteiger charge is -2.18. The number of guanidine groups is 1. The van der Waals surface area contributed by atoms with Gasteiger partial charge in [-0.25, -0.2) is 8.42 Å². The van der Waals surface area contributed by atoms with Gasteiger partial charge in [-0.15, -0.1) is 5.10 Å². The number of aromatic amines is 1. The van der Waals surface area contributed by atoms with Crippen LogP contribution in [0.5, 0.6) is 0 Å². The van der Waals surface area contributed by atoms with Crippen LogP contribution < -0.4 is 44.1 Å². The van der Waals surface area contributed by atoms with Crippen molar-refractivity contribution in [1.82, 2.24) is 14.7 Å². The van der Waals surface area contributed by atoms with E-state index in [1.807, 2.05) is 4.72 Å². The Kier molecular flexibility index (Phi) is 10.5. The number of carboxylic acids is 1. The van der Waals surface area contributed by atoms with Crippen molar-refractivity contribution >= 4 is 33.6 Å². The summed E-state index contributed by atoms with van der Waals surface area (Å²) in [5, 5.41) is 19.9. The number of carboxylic acid groups (broad SMARTS) is 1. The first-order valence-corrected chi connectivity index (χ1v) is 11.3. The maximum absolute atomic E-state index is 12.5. The molecular weight excluding hydrogens is 480 g/mol. The Balaban J connectivity index is 0.00000544. The smallest absolute Gasteiger partial charge is 0.337 e. The summed E-state index contributed by atoms with van der Waals surface area (Å²) in [5.41, 5.74) is 11.0. The van der Waals surface area contributed by atoms with E-state index < -0.39 is 34.5 Å². The molecule has 14 nitrogen and oxygen atoms in total. The minimum absolute atomic E-state index is 0. The van der Waals surface area contributed by atoms with E-state index in [1.165, 1.54) is 10.9 Å². The number of halogens is 1. The Hall–Kier alpha value is -2.91. The molecule has 186 valence electrons. The zero-order valence-corrected chi connectivity index (χ0v) is 19.8. The molecule has 1 aromatic rings. The first-order chi connectivity index (χ1) is 15.0. The predicted octanol–water partition coefficient (Wildman–Crippen LogP) is -6.75. The third-order valence-electron chi connectivity index (χ3n) is 4.56. The summed E-state index contributed by atoms with van der Waals surface area (Å²) >= 11 is 0. The number of aliphatic carboxylic acids is 1. The molecule has 1 aromatic heterocycles. The molecule has 1 amide bonds. The number of nitrogens with zero attached hydrogens (tertiary/aromatic N) is 3. The summed E-state index contributed by atoms with van der Waals surface area (Å²) in [6.07, 6.45) is 3.62. The zero-order chi connectivity index (χ0) is 23.9. The first kappa shape index (κ1) is 28.1. The quantitative estimate of drug-likeness (QED) is 0.121. The molecule has 0 saturated carbocycles. The normalized spacial score (nSPS) is 16.2. The van der Waals surface area contributed by atoms with E-state index >= 15 is 0 Å². The van der Waals surface area contributed by atoms with Crippen LogP contribution in [0.3, 0.4) is 0 Å². The van der Waals surface area contributed by atoms with Crippen LogP contribution in [0.4, 0.5) is 0 Å². The average molecular weight is 508 g/mol. The van der Waals surface area contributed by atoms with Gasteiger partial charge in [0.25, 0.3) is 5.91 Å². The van der Waals surface area contributed by atoms with Gasteiger partial charge in [-0.05, 0) is 26.2 Å². The van der Waals surface area contributed by atoms with Crippen molar-refractivity contribution in [3.8, 4) is 0 Å². The number of aliphatic imine (C=N–C) groups is 1. The Morgan fingerprint density at radius 1 is 1.42 bits per heavy atom. The van der Waals surface area contributed by atoms with Crippen molar-refractivity contribution in [3.63, 3.8) is 0 Å². The van der Waals surface area contributed by atoms with E-state index in [9.17, 15) is 23.1 Å². The molecular formula is C17H28ClN8O6S-. The first-order valence-electron chi connectivity index (χ1n) is 9.84. The SMILES string of the molecule is Cc1cn(C)[nH+]c1S(=O)(=O)N[C@@H](CNC(=O)C1=NOC(CCCCN=C(N)N)C1)C(=O)[O-].[Cl-]. The number of nitrogens with two attached hydrogens (primary N) is 2. The predicted molar refractivity (Wildman–Crippen MR) is 110 cm³/mol. The Bertz CT molecular complexity index is 1010. The van der Waals surface area contributed by atoms with Crippen molar-refractivity contribution in [2.24, 2.45) is 28.7 Å². The number of hydrogen-bond donors (Lipinski definition) is 4. The number of carbonyl (C=O) groups is 2. The van der Waals surface area contributed by atoms with Gasteiger partial charge in [-0.2, -0.15) is 9.40 Å². The molecule has 33 heavy (non-hydrogen) atoms. The molecule has 0 radical (unpaired) electrons. The minimum atomic E-state index is -4.19. The zero-order valence-electron chi connectivity index (χ0n) is 18.2. The number of aromatic nitrogens is 2. The van der Waals surface area contributed by atoms with Crippen LogP contribution in [0.15, 0.2) is 21.4 Å². The van der Waals surface area contributed by atoms with Crippen LogP contribution in [-0.2, 0) is 31.5 Å². The van der Waals surface area contributed by atoms with Crippen molar-refractivity contribution in [2.75, 3.05) is 13.1 Å². The Morgan fingerprint density at radius 2 is 2.12 bits per heavy atom. The molecule has 1 unspecified atom stereocenters. The van der Waals surface area contributed by atoms with E-state index in [4.69, 9.17) is 16.3 Å². The maximum atomic E-state index is 12.5. The fraction of sp³-hybridized carbons (Fsp3) is 0.588. The summed E-state index contributed by atoms with van der Waals surface area (Å²) in [5.74, 6) is -2.31. The maximum Gasteiger partial charge on any atom is 0.337 e. The summed E-state index contributed by atoms with van der Waals surface area (Å²) in [4.78, 5) is 32.8. The highest BCUT2D eigenvalue weighted by Crippen LogP contribution is 2.16. The number of amides is 1. The van der Waals surface area contributed by atoms with E-state index in [2.05, 4.69) is 20.6 Å². The average Bonchev–Trinajstić information content (AvgIpc) is 3.30. The van der Waals surface area contributed by atoms with Crippen LogP contribution in [0.2, 0.25) is 0 Å². The third-order valence-corrected chi connectivity index (χ3v) is 6.11. The van der Waals surface area contributed by atoms with Gasteiger partial charge in [-0.3, -0.25) is 9.79 Å². The molecule has 16 heteroatoms. The van der Waals surface area contributed by atoms with Crippen molar-refractivity contribution < 1.29 is 45.5 Å². The lowest BCUT2D eigenvalue weighted by atomic mass is 10.1. The minimum Gasteiger partial charge on any atom is -1.00 e. The molecule has 2 rings (SSSR count). The van der Waals surface area contributed by atoms with Gasteiger partial charge in [0, 0.05) is 19.5 Å². The van der Waals surface area contributed by atoms with Crippen molar-refractivity contribution in [2.45, 2.75) is 49.8 Å². The largest absolute Gasteiger partial charge is 1.00 e. The number of carbonyl (C=O) groups excluding carboxylic acids is 2. The Labute approximate surface area is 197 Å². The summed E-state index contributed by atoms with van der Waals surface area (Å²) in [6, 6.07) is -1.69. The fourth-order valence-corrected chi connectivity index (χ4v) is 4.44. The van der Waals surface area contributed by atoms with Gasteiger partial charge >= 0.3 is 15.0 Å². The number of H-pyrrole nitrogens is 1. The standard InChI is InChI=1S/C17H28N8O6S.ClH/c1-10-9-25(2)22-15(10)32(29,30)24-13(16(27)28)8-21-14(26)12-7-11(31-23-12)5-3-4-6-20-17(18)19;/h9,11,13,24H,3-8H2,1-2H3,(H,21,26)(H,27,28)(H4,18,19,20);1H/p-1/t11?,13-;/m0./s1. The Morgan fingerprint density at radius 3 is 2.70 bits per heavy atom. The highest BCUT2D eigenvalue weighted by atomic mass is 35.5. The fourth-order valence-electron chi connectivity index (χ4n) is 3.03. The summed E-state index contributed by atoms with van der Waals surface area (Å²) < 4.78 is 28.4. The lowest BCUT2D eigenvalue weighted by Crippen LogP contribution is -3.00. The molecule has 0 saturated heterocycles. The molecule has 0 spiro atoms. The van der Waals surface area contributed by atoms with Crippen LogP contribution in [0.1, 0.15) is 31.2 Å². The van der Waals surface area contributed by atoms with Gasteiger partial charge in [0.15, 0.2) is 5.96 Å². The van der Waals surface area contributed by atoms with Crippen LogP contribution >= 0.6 is 0 Å². The van der Waals surface area contributed by atoms with E-state index in [-0.39, 0.29) is 41.6 Å². The molecule has 2 heterocycles. The number of rotatable bonds is 12. The third kappa shape index (κ3) is 8.51. The van der Waals surface area contributed by atoms with E-state index in [0.717, 1.165) is 12.8 Å². The van der Waals surface area contributed by atoms with Crippen molar-refractivity contribution in [3.05, 3.63) is 11.8 Å². The number of hydrogen-bond acceptors (Lipinski definition) is 8.